The van der Waals surface area contributed by atoms with Crippen molar-refractivity contribution in [2.24, 2.45) is 0 Å². The molecule has 5 heteroatoms. The number of hydrogen-bond donors (Lipinski definition) is 2. The van der Waals surface area contributed by atoms with E-state index in [4.69, 9.17) is 5.11 Å². The third-order valence-electron chi connectivity index (χ3n) is 1.65. The molecule has 0 spiro atoms. The van der Waals surface area contributed by atoms with Crippen LogP contribution in [0.5, 0.6) is 0 Å². The van der Waals surface area contributed by atoms with Crippen LogP contribution < -0.4 is 0 Å². The highest BCUT2D eigenvalue weighted by atomic mass is 16.4. The highest BCUT2D eigenvalue weighted by molar-refractivity contribution is 5.84. The lowest BCUT2D eigenvalue weighted by Crippen LogP contribution is -2.15. The van der Waals surface area contributed by atoms with Crippen LogP contribution in [0.1, 0.15) is 16.3 Å². The standard InChI is InChI=1S/C8H13N3O2/c1-11(2)4-3-7-9-5-6(10-7)8(12)13/h5H,3-4H2,1-2H3,(H,9,10)(H,12,13). The fourth-order valence-corrected chi connectivity index (χ4v) is 0.928. The van der Waals surface area contributed by atoms with Gasteiger partial charge in [0.05, 0.1) is 6.20 Å². The van der Waals surface area contributed by atoms with E-state index in [1.807, 2.05) is 19.0 Å². The highest BCUT2D eigenvalue weighted by Crippen LogP contribution is 1.98. The molecule has 0 atom stereocenters. The average Bonchev–Trinajstić information content (AvgIpc) is 2.48. The SMILES string of the molecule is CN(C)CCc1ncc(C(=O)O)[nH]1. The largest absolute Gasteiger partial charge is 0.477 e. The summed E-state index contributed by atoms with van der Waals surface area (Å²) in [5.74, 6) is -0.255. The molecule has 13 heavy (non-hydrogen) atoms. The molecule has 1 aromatic rings. The van der Waals surface area contributed by atoms with Gasteiger partial charge in [-0.25, -0.2) is 9.78 Å². The minimum absolute atomic E-state index is 0.147. The molecule has 0 fully saturated rings. The molecule has 0 saturated heterocycles. The number of aromatic amines is 1. The second-order valence-corrected chi connectivity index (χ2v) is 3.10. The van der Waals surface area contributed by atoms with Crippen LogP contribution >= 0.6 is 0 Å². The van der Waals surface area contributed by atoms with Gasteiger partial charge in [0.25, 0.3) is 0 Å². The number of carboxylic acid groups (broad SMARTS) is 1. The first-order valence-corrected chi connectivity index (χ1v) is 4.01. The summed E-state index contributed by atoms with van der Waals surface area (Å²) in [4.78, 5) is 19.2. The molecule has 1 heterocycles. The number of rotatable bonds is 4. The number of nitrogens with zero attached hydrogens (tertiary/aromatic N) is 2. The molecular formula is C8H13N3O2. The van der Waals surface area contributed by atoms with Gasteiger partial charge < -0.3 is 15.0 Å². The molecule has 0 unspecified atom stereocenters. The van der Waals surface area contributed by atoms with E-state index in [1.165, 1.54) is 6.20 Å². The van der Waals surface area contributed by atoms with Gasteiger partial charge in [0, 0.05) is 13.0 Å². The van der Waals surface area contributed by atoms with Gasteiger partial charge in [-0.15, -0.1) is 0 Å². The summed E-state index contributed by atoms with van der Waals surface area (Å²) in [6.07, 6.45) is 2.08. The highest BCUT2D eigenvalue weighted by Gasteiger charge is 2.06. The Hall–Kier alpha value is -1.36. The van der Waals surface area contributed by atoms with Gasteiger partial charge >= 0.3 is 5.97 Å². The van der Waals surface area contributed by atoms with Gasteiger partial charge in [-0.2, -0.15) is 0 Å². The molecule has 0 amide bonds. The van der Waals surface area contributed by atoms with E-state index in [0.717, 1.165) is 13.0 Å². The average molecular weight is 183 g/mol. The summed E-state index contributed by atoms with van der Waals surface area (Å²) in [5, 5.41) is 8.59. The molecule has 0 radical (unpaired) electrons. The maximum atomic E-state index is 10.5. The fourth-order valence-electron chi connectivity index (χ4n) is 0.928. The van der Waals surface area contributed by atoms with Crippen molar-refractivity contribution < 1.29 is 9.90 Å². The second kappa shape index (κ2) is 4.04. The first-order chi connectivity index (χ1) is 6.09. The normalized spacial score (nSPS) is 10.7. The van der Waals surface area contributed by atoms with Crippen molar-refractivity contribution in [1.29, 1.82) is 0 Å². The zero-order chi connectivity index (χ0) is 9.84. The van der Waals surface area contributed by atoms with Gasteiger partial charge in [-0.3, -0.25) is 0 Å². The van der Waals surface area contributed by atoms with Crippen LogP contribution in [0, 0.1) is 0 Å². The van der Waals surface area contributed by atoms with Crippen LogP contribution in [-0.4, -0.2) is 46.6 Å². The number of carbonyl (C=O) groups is 1. The predicted molar refractivity (Wildman–Crippen MR) is 47.8 cm³/mol. The lowest BCUT2D eigenvalue weighted by atomic mass is 10.4. The number of H-pyrrole nitrogens is 1. The Kier molecular flexibility index (Phi) is 3.02. The molecular weight excluding hydrogens is 170 g/mol. The zero-order valence-electron chi connectivity index (χ0n) is 7.74. The predicted octanol–water partition coefficient (Wildman–Crippen LogP) is 0.212. The van der Waals surface area contributed by atoms with E-state index in [9.17, 15) is 4.79 Å². The van der Waals surface area contributed by atoms with Gasteiger partial charge in [0.1, 0.15) is 11.5 Å². The molecule has 0 aliphatic heterocycles. The summed E-state index contributed by atoms with van der Waals surface area (Å²) in [7, 11) is 3.92. The van der Waals surface area contributed by atoms with Crippen molar-refractivity contribution in [3.05, 3.63) is 17.7 Å². The summed E-state index contributed by atoms with van der Waals surface area (Å²) >= 11 is 0. The quantitative estimate of drug-likeness (QED) is 0.700. The maximum absolute atomic E-state index is 10.5. The summed E-state index contributed by atoms with van der Waals surface area (Å²) in [5.41, 5.74) is 0.147. The molecule has 72 valence electrons. The molecule has 1 rings (SSSR count). The van der Waals surface area contributed by atoms with Crippen LogP contribution in [0.2, 0.25) is 0 Å². The number of aromatic carboxylic acids is 1. The third-order valence-corrected chi connectivity index (χ3v) is 1.65. The van der Waals surface area contributed by atoms with Crippen molar-refractivity contribution in [2.45, 2.75) is 6.42 Å². The topological polar surface area (TPSA) is 69.2 Å². The summed E-state index contributed by atoms with van der Waals surface area (Å²) < 4.78 is 0. The lowest BCUT2D eigenvalue weighted by Gasteiger charge is -2.06. The van der Waals surface area contributed by atoms with Crippen molar-refractivity contribution in [3.63, 3.8) is 0 Å². The van der Waals surface area contributed by atoms with Crippen molar-refractivity contribution in [2.75, 3.05) is 20.6 Å². The number of hydrogen-bond acceptors (Lipinski definition) is 3. The Labute approximate surface area is 76.4 Å². The summed E-state index contributed by atoms with van der Waals surface area (Å²) in [6.45, 7) is 0.854. The van der Waals surface area contributed by atoms with Gasteiger partial charge in [-0.1, -0.05) is 0 Å². The Morgan fingerprint density at radius 3 is 2.85 bits per heavy atom. The monoisotopic (exact) mass is 183 g/mol. The van der Waals surface area contributed by atoms with Crippen molar-refractivity contribution in [3.8, 4) is 0 Å². The van der Waals surface area contributed by atoms with E-state index in [0.29, 0.717) is 5.82 Å². The minimum Gasteiger partial charge on any atom is -0.477 e. The van der Waals surface area contributed by atoms with E-state index in [2.05, 4.69) is 9.97 Å². The van der Waals surface area contributed by atoms with Crippen LogP contribution in [0.15, 0.2) is 6.20 Å². The lowest BCUT2D eigenvalue weighted by molar-refractivity contribution is 0.0691. The number of imidazole rings is 1. The number of likely N-dealkylation sites (N-methyl/N-ethyl adjacent to an activating group) is 1. The molecule has 1 aromatic heterocycles. The Morgan fingerprint density at radius 2 is 2.38 bits per heavy atom. The molecule has 0 bridgehead atoms. The first-order valence-electron chi connectivity index (χ1n) is 4.01. The van der Waals surface area contributed by atoms with E-state index in [1.54, 1.807) is 0 Å². The van der Waals surface area contributed by atoms with E-state index >= 15 is 0 Å². The van der Waals surface area contributed by atoms with Crippen LogP contribution in [0.25, 0.3) is 0 Å². The van der Waals surface area contributed by atoms with E-state index in [-0.39, 0.29) is 5.69 Å². The Morgan fingerprint density at radius 1 is 1.69 bits per heavy atom. The van der Waals surface area contributed by atoms with Crippen LogP contribution in [0.3, 0.4) is 0 Å². The molecule has 2 N–H and O–H groups in total. The smallest absolute Gasteiger partial charge is 0.353 e. The zero-order valence-corrected chi connectivity index (χ0v) is 7.74. The van der Waals surface area contributed by atoms with E-state index < -0.39 is 5.97 Å². The molecule has 0 aliphatic rings. The molecule has 5 nitrogen and oxygen atoms in total. The minimum atomic E-state index is -0.969. The van der Waals surface area contributed by atoms with Gasteiger partial charge in [0.15, 0.2) is 0 Å². The molecule has 0 saturated carbocycles. The molecule has 0 aromatic carbocycles. The molecule has 0 aliphatic carbocycles. The van der Waals surface area contributed by atoms with Gasteiger partial charge in [0.2, 0.25) is 0 Å². The van der Waals surface area contributed by atoms with Crippen molar-refractivity contribution in [1.82, 2.24) is 14.9 Å². The van der Waals surface area contributed by atoms with Gasteiger partial charge in [-0.05, 0) is 14.1 Å². The Bertz CT molecular complexity index is 293. The Balaban J connectivity index is 2.54. The fraction of sp³-hybridized carbons (Fsp3) is 0.500. The maximum Gasteiger partial charge on any atom is 0.353 e. The van der Waals surface area contributed by atoms with Crippen LogP contribution in [0.4, 0.5) is 0 Å². The third kappa shape index (κ3) is 2.87. The number of aromatic nitrogens is 2. The van der Waals surface area contributed by atoms with Crippen LogP contribution in [-0.2, 0) is 6.42 Å². The number of nitrogens with one attached hydrogen (secondary N) is 1. The summed E-state index contributed by atoms with van der Waals surface area (Å²) in [6, 6.07) is 0. The first kappa shape index (κ1) is 9.73. The number of carboxylic acids is 1. The van der Waals surface area contributed by atoms with Crippen molar-refractivity contribution >= 4 is 5.97 Å². The second-order valence-electron chi connectivity index (χ2n) is 3.10.